The number of carbonyl (C=O) groups is 2. The van der Waals surface area contributed by atoms with E-state index in [9.17, 15) is 9.59 Å². The highest BCUT2D eigenvalue weighted by atomic mass is 16.6. The van der Waals surface area contributed by atoms with Gasteiger partial charge in [-0.2, -0.15) is 0 Å². The van der Waals surface area contributed by atoms with E-state index in [4.69, 9.17) is 4.74 Å². The molecule has 0 aliphatic rings. The van der Waals surface area contributed by atoms with Crippen LogP contribution in [0.4, 0.5) is 10.6 Å². The Hall–Kier alpha value is -1.91. The lowest BCUT2D eigenvalue weighted by Gasteiger charge is -2.19. The van der Waals surface area contributed by atoms with Crippen molar-refractivity contribution < 1.29 is 14.3 Å². The van der Waals surface area contributed by atoms with Crippen LogP contribution in [0.5, 0.6) is 0 Å². The Morgan fingerprint density at radius 3 is 2.63 bits per heavy atom. The third-order valence-electron chi connectivity index (χ3n) is 2.22. The molecule has 0 atom stereocenters. The summed E-state index contributed by atoms with van der Waals surface area (Å²) < 4.78 is 5.14. The molecular formula is C14H20N2O3. The average Bonchev–Trinajstić information content (AvgIpc) is 2.24. The van der Waals surface area contributed by atoms with Crippen molar-refractivity contribution >= 4 is 17.7 Å². The summed E-state index contributed by atoms with van der Waals surface area (Å²) in [7, 11) is 0. The first-order chi connectivity index (χ1) is 8.76. The number of pyridine rings is 1. The molecule has 0 aromatic carbocycles. The van der Waals surface area contributed by atoms with Gasteiger partial charge in [-0.25, -0.2) is 9.78 Å². The molecule has 1 N–H and O–H groups in total. The van der Waals surface area contributed by atoms with E-state index < -0.39 is 11.7 Å². The summed E-state index contributed by atoms with van der Waals surface area (Å²) in [6, 6.07) is 3.57. The van der Waals surface area contributed by atoms with E-state index in [1.54, 1.807) is 40.0 Å². The summed E-state index contributed by atoms with van der Waals surface area (Å²) in [5, 5.41) is 2.57. The number of anilines is 1. The highest BCUT2D eigenvalue weighted by Gasteiger charge is 2.16. The largest absolute Gasteiger partial charge is 0.444 e. The first-order valence-corrected chi connectivity index (χ1v) is 6.20. The smallest absolute Gasteiger partial charge is 0.413 e. The molecule has 0 saturated carbocycles. The molecule has 0 aliphatic heterocycles. The third kappa shape index (κ3) is 6.55. The molecular weight excluding hydrogens is 244 g/mol. The molecule has 0 aliphatic carbocycles. The second-order valence-electron chi connectivity index (χ2n) is 5.38. The van der Waals surface area contributed by atoms with Crippen LogP contribution in [-0.2, 0) is 16.0 Å². The zero-order chi connectivity index (χ0) is 14.5. The molecule has 19 heavy (non-hydrogen) atoms. The van der Waals surface area contributed by atoms with Crippen molar-refractivity contribution in [1.29, 1.82) is 0 Å². The van der Waals surface area contributed by atoms with Crippen LogP contribution in [0.1, 0.15) is 39.7 Å². The van der Waals surface area contributed by atoms with Gasteiger partial charge in [0.15, 0.2) is 0 Å². The topological polar surface area (TPSA) is 68.3 Å². The van der Waals surface area contributed by atoms with Gasteiger partial charge in [-0.3, -0.25) is 5.32 Å². The molecule has 1 amide bonds. The minimum atomic E-state index is -0.545. The maximum atomic E-state index is 11.6. The molecule has 0 unspecified atom stereocenters. The number of hydrogen-bond acceptors (Lipinski definition) is 4. The van der Waals surface area contributed by atoms with Crippen molar-refractivity contribution in [1.82, 2.24) is 4.98 Å². The van der Waals surface area contributed by atoms with Gasteiger partial charge in [0.1, 0.15) is 17.2 Å². The van der Waals surface area contributed by atoms with E-state index in [1.807, 2.05) is 6.07 Å². The number of amides is 1. The number of carbonyl (C=O) groups excluding carboxylic acids is 2. The van der Waals surface area contributed by atoms with Crippen molar-refractivity contribution in [3.63, 3.8) is 0 Å². The standard InChI is InChI=1S/C14H20N2O3/c1-10(17)5-6-11-7-8-15-12(9-11)16-13(18)19-14(2,3)4/h7-9H,5-6H2,1-4H3,(H,15,16,18). The highest BCUT2D eigenvalue weighted by molar-refractivity contribution is 5.83. The van der Waals surface area contributed by atoms with Crippen molar-refractivity contribution in [3.8, 4) is 0 Å². The van der Waals surface area contributed by atoms with Gasteiger partial charge in [0, 0.05) is 12.6 Å². The molecule has 0 radical (unpaired) electrons. The molecule has 5 heteroatoms. The Morgan fingerprint density at radius 2 is 2.05 bits per heavy atom. The maximum absolute atomic E-state index is 11.6. The fourth-order valence-corrected chi connectivity index (χ4v) is 1.43. The number of rotatable bonds is 4. The van der Waals surface area contributed by atoms with Crippen LogP contribution in [0.15, 0.2) is 18.3 Å². The summed E-state index contributed by atoms with van der Waals surface area (Å²) >= 11 is 0. The molecule has 1 heterocycles. The number of nitrogens with zero attached hydrogens (tertiary/aromatic N) is 1. The van der Waals surface area contributed by atoms with Crippen LogP contribution in [0.3, 0.4) is 0 Å². The number of aromatic nitrogens is 1. The summed E-state index contributed by atoms with van der Waals surface area (Å²) in [5.74, 6) is 0.564. The molecule has 5 nitrogen and oxygen atoms in total. The molecule has 0 saturated heterocycles. The van der Waals surface area contributed by atoms with Gasteiger partial charge >= 0.3 is 6.09 Å². The fourth-order valence-electron chi connectivity index (χ4n) is 1.43. The third-order valence-corrected chi connectivity index (χ3v) is 2.22. The lowest BCUT2D eigenvalue weighted by Crippen LogP contribution is -2.27. The SMILES string of the molecule is CC(=O)CCc1ccnc(NC(=O)OC(C)(C)C)c1. The Kier molecular flexibility index (Phi) is 5.03. The van der Waals surface area contributed by atoms with E-state index in [2.05, 4.69) is 10.3 Å². The molecule has 1 aromatic rings. The van der Waals surface area contributed by atoms with Crippen molar-refractivity contribution in [2.24, 2.45) is 0 Å². The summed E-state index contributed by atoms with van der Waals surface area (Å²) in [6.07, 6.45) is 2.18. The molecule has 1 rings (SSSR count). The normalized spacial score (nSPS) is 10.9. The Bertz CT molecular complexity index is 464. The average molecular weight is 264 g/mol. The predicted molar refractivity (Wildman–Crippen MR) is 73.1 cm³/mol. The molecule has 0 spiro atoms. The van der Waals surface area contributed by atoms with Gasteiger partial charge in [-0.05, 0) is 51.8 Å². The van der Waals surface area contributed by atoms with Gasteiger partial charge in [0.25, 0.3) is 0 Å². The fraction of sp³-hybridized carbons (Fsp3) is 0.500. The first-order valence-electron chi connectivity index (χ1n) is 6.20. The number of hydrogen-bond donors (Lipinski definition) is 1. The van der Waals surface area contributed by atoms with Crippen molar-refractivity contribution in [2.75, 3.05) is 5.32 Å². The van der Waals surface area contributed by atoms with Crippen LogP contribution in [0.2, 0.25) is 0 Å². The highest BCUT2D eigenvalue weighted by Crippen LogP contribution is 2.12. The summed E-state index contributed by atoms with van der Waals surface area (Å²) in [5.41, 5.74) is 0.410. The minimum Gasteiger partial charge on any atom is -0.444 e. The van der Waals surface area contributed by atoms with Crippen molar-refractivity contribution in [2.45, 2.75) is 46.1 Å². The quantitative estimate of drug-likeness (QED) is 0.907. The van der Waals surface area contributed by atoms with Gasteiger partial charge in [-0.15, -0.1) is 0 Å². The second kappa shape index (κ2) is 6.31. The van der Waals surface area contributed by atoms with Gasteiger partial charge < -0.3 is 9.53 Å². The van der Waals surface area contributed by atoms with E-state index in [-0.39, 0.29) is 5.78 Å². The van der Waals surface area contributed by atoms with Gasteiger partial charge in [0.05, 0.1) is 0 Å². The van der Waals surface area contributed by atoms with Crippen LogP contribution < -0.4 is 5.32 Å². The summed E-state index contributed by atoms with van der Waals surface area (Å²) in [4.78, 5) is 26.5. The van der Waals surface area contributed by atoms with E-state index in [0.717, 1.165) is 5.56 Å². The minimum absolute atomic E-state index is 0.137. The zero-order valence-corrected chi connectivity index (χ0v) is 11.8. The number of aryl methyl sites for hydroxylation is 1. The predicted octanol–water partition coefficient (Wildman–Crippen LogP) is 2.95. The van der Waals surface area contributed by atoms with Crippen molar-refractivity contribution in [3.05, 3.63) is 23.9 Å². The number of nitrogens with one attached hydrogen (secondary N) is 1. The van der Waals surface area contributed by atoms with Crippen LogP contribution >= 0.6 is 0 Å². The summed E-state index contributed by atoms with van der Waals surface area (Å²) in [6.45, 7) is 6.94. The van der Waals surface area contributed by atoms with Crippen LogP contribution in [-0.4, -0.2) is 22.5 Å². The zero-order valence-electron chi connectivity index (χ0n) is 11.8. The Labute approximate surface area is 113 Å². The lowest BCUT2D eigenvalue weighted by atomic mass is 10.1. The van der Waals surface area contributed by atoms with Gasteiger partial charge in [0.2, 0.25) is 0 Å². The van der Waals surface area contributed by atoms with E-state index >= 15 is 0 Å². The number of ketones is 1. The monoisotopic (exact) mass is 264 g/mol. The molecule has 0 bridgehead atoms. The first kappa shape index (κ1) is 15.1. The Morgan fingerprint density at radius 1 is 1.37 bits per heavy atom. The van der Waals surface area contributed by atoms with Crippen LogP contribution in [0, 0.1) is 0 Å². The molecule has 104 valence electrons. The number of ether oxygens (including phenoxy) is 1. The van der Waals surface area contributed by atoms with Gasteiger partial charge in [-0.1, -0.05) is 0 Å². The number of Topliss-reactive ketones (excluding diaryl/α,β-unsaturated/α-hetero) is 1. The van der Waals surface area contributed by atoms with Crippen LogP contribution in [0.25, 0.3) is 0 Å². The van der Waals surface area contributed by atoms with E-state index in [0.29, 0.717) is 18.7 Å². The van der Waals surface area contributed by atoms with E-state index in [1.165, 1.54) is 0 Å². The Balaban J connectivity index is 2.61. The lowest BCUT2D eigenvalue weighted by molar-refractivity contribution is -0.116. The maximum Gasteiger partial charge on any atom is 0.413 e. The molecule has 1 aromatic heterocycles. The molecule has 0 fully saturated rings. The second-order valence-corrected chi connectivity index (χ2v) is 5.38.